The van der Waals surface area contributed by atoms with Gasteiger partial charge in [-0.3, -0.25) is 28.9 Å². The van der Waals surface area contributed by atoms with Crippen molar-refractivity contribution in [3.8, 4) is 0 Å². The van der Waals surface area contributed by atoms with Gasteiger partial charge in [0.15, 0.2) is 5.78 Å². The Morgan fingerprint density at radius 2 is 1.52 bits per heavy atom. The number of carbonyl (C=O) groups is 5. The van der Waals surface area contributed by atoms with Crippen LogP contribution in [0.15, 0.2) is 30.3 Å². The fraction of sp³-hybridized carbons (Fsp3) is 0.738. The van der Waals surface area contributed by atoms with Crippen molar-refractivity contribution in [3.63, 3.8) is 0 Å². The summed E-state index contributed by atoms with van der Waals surface area (Å²) in [5.74, 6) is -2.95. The maximum atomic E-state index is 14.2. The third kappa shape index (κ3) is 12.4. The zero-order chi connectivity index (χ0) is 40.9. The number of methoxy groups -OCH3 is 3. The number of likely N-dealkylation sites (tertiary alicyclic amines) is 1. The summed E-state index contributed by atoms with van der Waals surface area (Å²) in [7, 11) is 9.87. The van der Waals surface area contributed by atoms with E-state index in [2.05, 4.69) is 0 Å². The quantitative estimate of drug-likeness (QED) is 0.159. The first kappa shape index (κ1) is 47.0. The molecule has 10 atom stereocenters. The first-order valence-electron chi connectivity index (χ1n) is 19.7. The number of amides is 2. The van der Waals surface area contributed by atoms with Crippen LogP contribution in [0.5, 0.6) is 0 Å². The molecule has 1 aromatic carbocycles. The number of hydrogen-bond donors (Lipinski definition) is 1. The van der Waals surface area contributed by atoms with Gasteiger partial charge in [-0.2, -0.15) is 0 Å². The second-order valence-corrected chi connectivity index (χ2v) is 16.0. The monoisotopic (exact) mass is 759 g/mol. The Bertz CT molecular complexity index is 1350. The Kier molecular flexibility index (Phi) is 19.5. The summed E-state index contributed by atoms with van der Waals surface area (Å²) in [5, 5.41) is 0. The molecule has 306 valence electrons. The molecular weight excluding hydrogens is 688 g/mol. The maximum Gasteiger partial charge on any atom is 0.309 e. The number of likely N-dealkylation sites (N-methyl/N-ethyl adjacent to an activating group) is 2. The normalized spacial score (nSPS) is 19.7. The molecular formula is C42H70N4O8. The van der Waals surface area contributed by atoms with Crippen LogP contribution in [0.25, 0.3) is 0 Å². The first-order valence-corrected chi connectivity index (χ1v) is 19.7. The van der Waals surface area contributed by atoms with Crippen LogP contribution in [-0.4, -0.2) is 129 Å². The van der Waals surface area contributed by atoms with Crippen LogP contribution in [0.2, 0.25) is 0 Å². The van der Waals surface area contributed by atoms with Crippen LogP contribution in [0.4, 0.5) is 0 Å². The topological polar surface area (TPSA) is 149 Å². The van der Waals surface area contributed by atoms with Crippen molar-refractivity contribution in [1.29, 1.82) is 0 Å². The number of ether oxygens (including phenoxy) is 3. The lowest BCUT2D eigenvalue weighted by Gasteiger charge is -2.41. The Labute approximate surface area is 324 Å². The van der Waals surface area contributed by atoms with Crippen molar-refractivity contribution in [3.05, 3.63) is 35.9 Å². The molecule has 0 saturated carbocycles. The molecule has 0 unspecified atom stereocenters. The van der Waals surface area contributed by atoms with E-state index in [1.54, 1.807) is 44.9 Å². The molecule has 1 fully saturated rings. The summed E-state index contributed by atoms with van der Waals surface area (Å²) in [5.41, 5.74) is 7.31. The second kappa shape index (κ2) is 22.4. The lowest BCUT2D eigenvalue weighted by molar-refractivity contribution is -0.149. The lowest BCUT2D eigenvalue weighted by atomic mass is 9.85. The summed E-state index contributed by atoms with van der Waals surface area (Å²) in [6.45, 7) is 12.1. The van der Waals surface area contributed by atoms with E-state index in [4.69, 9.17) is 19.9 Å². The number of hydrogen-bond acceptors (Lipinski definition) is 10. The highest BCUT2D eigenvalue weighted by Gasteiger charge is 2.43. The van der Waals surface area contributed by atoms with Crippen molar-refractivity contribution >= 4 is 29.4 Å². The van der Waals surface area contributed by atoms with Crippen LogP contribution in [0.3, 0.4) is 0 Å². The summed E-state index contributed by atoms with van der Waals surface area (Å²) in [6.07, 6.45) is 1.30. The Hall–Kier alpha value is -3.19. The molecule has 0 spiro atoms. The van der Waals surface area contributed by atoms with E-state index in [9.17, 15) is 24.0 Å². The lowest BCUT2D eigenvalue weighted by Crippen LogP contribution is -2.55. The second-order valence-electron chi connectivity index (χ2n) is 16.0. The fourth-order valence-corrected chi connectivity index (χ4v) is 8.43. The highest BCUT2D eigenvalue weighted by molar-refractivity contribution is 5.90. The number of nitrogens with zero attached hydrogens (tertiary/aromatic N) is 3. The standard InChI is InChI=1S/C42H70N4O8/c1-13-27(4)39(45(9)41(50)32(29(6)43)24-35(48)38(26(2)3)44(7)8)36(52-10)25-37(49)46-21-17-20-33(46)40(53-11)28(5)34(47)23-31(42(51)54-12)22-30-18-15-14-16-19-30/h14-16,18-19,26-29,31-33,36,38-40H,13,17,20-25,43H2,1-12H3/t27-,28-,29-,31+,32+,33-,36+,38-,39-,40+/m0/s1. The van der Waals surface area contributed by atoms with Crippen molar-refractivity contribution in [1.82, 2.24) is 14.7 Å². The van der Waals surface area contributed by atoms with Crippen molar-refractivity contribution in [2.45, 2.75) is 123 Å². The highest BCUT2D eigenvalue weighted by Crippen LogP contribution is 2.31. The third-order valence-electron chi connectivity index (χ3n) is 11.6. The highest BCUT2D eigenvalue weighted by atomic mass is 16.5. The summed E-state index contributed by atoms with van der Waals surface area (Å²) < 4.78 is 17.0. The van der Waals surface area contributed by atoms with Crippen molar-refractivity contribution < 1.29 is 38.2 Å². The van der Waals surface area contributed by atoms with Crippen molar-refractivity contribution in [2.24, 2.45) is 35.3 Å². The molecule has 2 N–H and O–H groups in total. The maximum absolute atomic E-state index is 14.2. The average molecular weight is 759 g/mol. The van der Waals surface area contributed by atoms with Crippen LogP contribution in [0, 0.1) is 29.6 Å². The molecule has 2 rings (SSSR count). The van der Waals surface area contributed by atoms with E-state index in [-0.39, 0.29) is 66.6 Å². The van der Waals surface area contributed by atoms with Gasteiger partial charge in [0.25, 0.3) is 0 Å². The number of ketones is 2. The zero-order valence-corrected chi connectivity index (χ0v) is 35.1. The van der Waals surface area contributed by atoms with Gasteiger partial charge < -0.3 is 29.7 Å². The van der Waals surface area contributed by atoms with Gasteiger partial charge in [-0.1, -0.05) is 71.4 Å². The predicted molar refractivity (Wildman–Crippen MR) is 210 cm³/mol. The van der Waals surface area contributed by atoms with Gasteiger partial charge in [0, 0.05) is 52.6 Å². The summed E-state index contributed by atoms with van der Waals surface area (Å²) in [4.78, 5) is 73.7. The van der Waals surface area contributed by atoms with Gasteiger partial charge in [0.05, 0.1) is 55.7 Å². The van der Waals surface area contributed by atoms with E-state index in [0.29, 0.717) is 19.4 Å². The van der Waals surface area contributed by atoms with Gasteiger partial charge in [0.2, 0.25) is 11.8 Å². The molecule has 0 radical (unpaired) electrons. The molecule has 54 heavy (non-hydrogen) atoms. The van der Waals surface area contributed by atoms with E-state index in [1.807, 2.05) is 77.0 Å². The number of esters is 1. The minimum Gasteiger partial charge on any atom is -0.469 e. The molecule has 1 saturated heterocycles. The smallest absolute Gasteiger partial charge is 0.309 e. The van der Waals surface area contributed by atoms with E-state index in [0.717, 1.165) is 18.4 Å². The summed E-state index contributed by atoms with van der Waals surface area (Å²) in [6, 6.07) is 7.79. The molecule has 0 aromatic heterocycles. The Morgan fingerprint density at radius 1 is 0.889 bits per heavy atom. The minimum absolute atomic E-state index is 0.00671. The summed E-state index contributed by atoms with van der Waals surface area (Å²) >= 11 is 0. The molecule has 2 amide bonds. The van der Waals surface area contributed by atoms with E-state index in [1.165, 1.54) is 7.11 Å². The molecule has 0 bridgehead atoms. The number of benzene rings is 1. The molecule has 1 aromatic rings. The van der Waals surface area contributed by atoms with Gasteiger partial charge in [-0.15, -0.1) is 0 Å². The molecule has 1 heterocycles. The van der Waals surface area contributed by atoms with Gasteiger partial charge in [0.1, 0.15) is 5.78 Å². The molecule has 1 aliphatic heterocycles. The van der Waals surface area contributed by atoms with E-state index < -0.39 is 48.0 Å². The number of nitrogens with two attached hydrogens (primary N) is 1. The van der Waals surface area contributed by atoms with Crippen LogP contribution >= 0.6 is 0 Å². The third-order valence-corrected chi connectivity index (χ3v) is 11.6. The van der Waals surface area contributed by atoms with Gasteiger partial charge >= 0.3 is 5.97 Å². The average Bonchev–Trinajstić information content (AvgIpc) is 3.62. The van der Waals surface area contributed by atoms with Crippen LogP contribution < -0.4 is 5.73 Å². The molecule has 1 aliphatic rings. The van der Waals surface area contributed by atoms with Gasteiger partial charge in [-0.05, 0) is 57.7 Å². The molecule has 12 heteroatoms. The fourth-order valence-electron chi connectivity index (χ4n) is 8.43. The molecule has 12 nitrogen and oxygen atoms in total. The Balaban J connectivity index is 2.29. The number of carbonyl (C=O) groups excluding carboxylic acids is 5. The minimum atomic E-state index is -0.737. The van der Waals surface area contributed by atoms with Crippen LogP contribution in [-0.2, 0) is 44.6 Å². The van der Waals surface area contributed by atoms with E-state index >= 15 is 0 Å². The van der Waals surface area contributed by atoms with Gasteiger partial charge in [-0.25, -0.2) is 0 Å². The largest absolute Gasteiger partial charge is 0.469 e. The SMILES string of the molecule is CC[C@H](C)[C@@H]([C@@H](CC(=O)N1CCC[C@H]1[C@H](OC)[C@@H](C)C(=O)C[C@@H](Cc1ccccc1)C(=O)OC)OC)N(C)C(=O)[C@H](CC(=O)[C@H](C(C)C)N(C)C)[C@H](C)N. The van der Waals surface area contributed by atoms with Crippen LogP contribution in [0.1, 0.15) is 85.6 Å². The zero-order valence-electron chi connectivity index (χ0n) is 35.1. The molecule has 0 aliphatic carbocycles. The van der Waals surface area contributed by atoms with Crippen molar-refractivity contribution in [2.75, 3.05) is 49.0 Å². The first-order chi connectivity index (χ1) is 25.4. The Morgan fingerprint density at radius 3 is 2.02 bits per heavy atom. The number of Topliss-reactive ketones (excluding diaryl/α,β-unsaturated/α-hetero) is 2. The number of rotatable bonds is 23. The predicted octanol–water partition coefficient (Wildman–Crippen LogP) is 4.41.